The summed E-state index contributed by atoms with van der Waals surface area (Å²) in [5.41, 5.74) is 6.63. The summed E-state index contributed by atoms with van der Waals surface area (Å²) in [6, 6.07) is 4.16. The second-order valence-corrected chi connectivity index (χ2v) is 4.16. The molecule has 0 aromatic carbocycles. The third-order valence-corrected chi connectivity index (χ3v) is 2.95. The number of aliphatic hydroxyl groups excluding tert-OH is 1. The van der Waals surface area contributed by atoms with Crippen LogP contribution in [0.15, 0.2) is 18.3 Å². The minimum Gasteiger partial charge on any atom is -0.393 e. The van der Waals surface area contributed by atoms with Gasteiger partial charge in [-0.3, -0.25) is 0 Å². The van der Waals surface area contributed by atoms with Gasteiger partial charge in [-0.1, -0.05) is 0 Å². The standard InChI is InChI=1S/C11H17N3O.H2S/c1-8-6-10(15)4-5-14(8)9-2-3-11(12)13-7-9;/h2-3,7-8,10,15H,4-6H2,1H3,(H2,12,13);1H2/t8-,10?;/m0./s1. The van der Waals surface area contributed by atoms with Crippen LogP contribution in [0.5, 0.6) is 0 Å². The van der Waals surface area contributed by atoms with Crippen molar-refractivity contribution >= 4 is 25.0 Å². The number of nitrogens with zero attached hydrogens (tertiary/aromatic N) is 2. The zero-order chi connectivity index (χ0) is 10.8. The SMILES string of the molecule is C[C@H]1CC(O)CCN1c1ccc(N)nc1.S. The van der Waals surface area contributed by atoms with Crippen LogP contribution in [0.2, 0.25) is 0 Å². The molecule has 1 aliphatic rings. The Labute approximate surface area is 103 Å². The van der Waals surface area contributed by atoms with E-state index in [1.807, 2.05) is 12.1 Å². The largest absolute Gasteiger partial charge is 0.393 e. The van der Waals surface area contributed by atoms with Crippen LogP contribution >= 0.6 is 13.5 Å². The first-order valence-electron chi connectivity index (χ1n) is 5.33. The Balaban J connectivity index is 0.00000128. The monoisotopic (exact) mass is 241 g/mol. The van der Waals surface area contributed by atoms with E-state index in [0.717, 1.165) is 25.1 Å². The predicted molar refractivity (Wildman–Crippen MR) is 71.1 cm³/mol. The molecule has 2 rings (SSSR count). The van der Waals surface area contributed by atoms with Gasteiger partial charge < -0.3 is 15.7 Å². The third kappa shape index (κ3) is 2.80. The molecular formula is C11H19N3OS. The van der Waals surface area contributed by atoms with Crippen LogP contribution < -0.4 is 10.6 Å². The Bertz CT molecular complexity index is 331. The normalized spacial score (nSPS) is 25.0. The number of hydrogen-bond donors (Lipinski definition) is 2. The lowest BCUT2D eigenvalue weighted by atomic mass is 10.0. The number of nitrogens with two attached hydrogens (primary N) is 1. The van der Waals surface area contributed by atoms with Crippen LogP contribution in [0.4, 0.5) is 11.5 Å². The number of pyridine rings is 1. The van der Waals surface area contributed by atoms with Gasteiger partial charge in [0.05, 0.1) is 18.0 Å². The molecule has 16 heavy (non-hydrogen) atoms. The van der Waals surface area contributed by atoms with Crippen LogP contribution in [0.3, 0.4) is 0 Å². The molecular weight excluding hydrogens is 222 g/mol. The van der Waals surface area contributed by atoms with E-state index < -0.39 is 0 Å². The highest BCUT2D eigenvalue weighted by atomic mass is 32.1. The van der Waals surface area contributed by atoms with E-state index in [0.29, 0.717) is 11.9 Å². The van der Waals surface area contributed by atoms with Gasteiger partial charge in [-0.15, -0.1) is 0 Å². The Morgan fingerprint density at radius 2 is 2.25 bits per heavy atom. The van der Waals surface area contributed by atoms with E-state index in [1.165, 1.54) is 0 Å². The second-order valence-electron chi connectivity index (χ2n) is 4.16. The lowest BCUT2D eigenvalue weighted by molar-refractivity contribution is 0.131. The van der Waals surface area contributed by atoms with Crippen molar-refractivity contribution in [3.05, 3.63) is 18.3 Å². The molecule has 1 aromatic rings. The Morgan fingerprint density at radius 1 is 1.50 bits per heavy atom. The molecule has 1 fully saturated rings. The highest BCUT2D eigenvalue weighted by molar-refractivity contribution is 7.59. The molecule has 1 aromatic heterocycles. The highest BCUT2D eigenvalue weighted by Gasteiger charge is 2.24. The zero-order valence-electron chi connectivity index (χ0n) is 9.43. The fourth-order valence-corrected chi connectivity index (χ4v) is 2.10. The van der Waals surface area contributed by atoms with E-state index in [4.69, 9.17) is 5.73 Å². The van der Waals surface area contributed by atoms with E-state index in [-0.39, 0.29) is 19.6 Å². The summed E-state index contributed by atoms with van der Waals surface area (Å²) < 4.78 is 0. The van der Waals surface area contributed by atoms with Crippen LogP contribution in [0.25, 0.3) is 0 Å². The summed E-state index contributed by atoms with van der Waals surface area (Å²) in [6.45, 7) is 3.01. The molecule has 0 saturated carbocycles. The summed E-state index contributed by atoms with van der Waals surface area (Å²) in [5.74, 6) is 0.545. The molecule has 0 amide bonds. The Kier molecular flexibility index (Phi) is 4.44. The first-order valence-corrected chi connectivity index (χ1v) is 5.33. The molecule has 3 N–H and O–H groups in total. The van der Waals surface area contributed by atoms with Crippen molar-refractivity contribution in [2.45, 2.75) is 31.9 Å². The number of nitrogen functional groups attached to an aromatic ring is 1. The van der Waals surface area contributed by atoms with E-state index >= 15 is 0 Å². The quantitative estimate of drug-likeness (QED) is 0.773. The van der Waals surface area contributed by atoms with Crippen molar-refractivity contribution in [1.82, 2.24) is 4.98 Å². The molecule has 90 valence electrons. The molecule has 2 heterocycles. The average Bonchev–Trinajstić information content (AvgIpc) is 2.20. The van der Waals surface area contributed by atoms with Crippen molar-refractivity contribution in [2.24, 2.45) is 0 Å². The molecule has 1 saturated heterocycles. The number of hydrogen-bond acceptors (Lipinski definition) is 4. The molecule has 0 aliphatic carbocycles. The molecule has 1 aliphatic heterocycles. The van der Waals surface area contributed by atoms with Gasteiger partial charge in [-0.25, -0.2) is 4.98 Å². The zero-order valence-corrected chi connectivity index (χ0v) is 10.4. The summed E-state index contributed by atoms with van der Waals surface area (Å²) in [6.07, 6.45) is 3.29. The number of piperidine rings is 1. The molecule has 0 spiro atoms. The van der Waals surface area contributed by atoms with Gasteiger partial charge in [0.2, 0.25) is 0 Å². The van der Waals surface area contributed by atoms with Crippen molar-refractivity contribution in [3.8, 4) is 0 Å². The molecule has 0 bridgehead atoms. The fraction of sp³-hybridized carbons (Fsp3) is 0.545. The number of aromatic nitrogens is 1. The molecule has 4 nitrogen and oxygen atoms in total. The minimum absolute atomic E-state index is 0. The van der Waals surface area contributed by atoms with Gasteiger partial charge in [-0.2, -0.15) is 13.5 Å². The second kappa shape index (κ2) is 5.41. The van der Waals surface area contributed by atoms with Gasteiger partial charge in [0, 0.05) is 12.6 Å². The van der Waals surface area contributed by atoms with E-state index in [9.17, 15) is 5.11 Å². The topological polar surface area (TPSA) is 62.4 Å². The predicted octanol–water partition coefficient (Wildman–Crippen LogP) is 1.13. The minimum atomic E-state index is -0.155. The van der Waals surface area contributed by atoms with Gasteiger partial charge in [0.15, 0.2) is 0 Å². The Morgan fingerprint density at radius 3 is 2.81 bits per heavy atom. The van der Waals surface area contributed by atoms with Gasteiger partial charge in [0.25, 0.3) is 0 Å². The maximum Gasteiger partial charge on any atom is 0.123 e. The molecule has 0 radical (unpaired) electrons. The van der Waals surface area contributed by atoms with E-state index in [2.05, 4.69) is 16.8 Å². The maximum absolute atomic E-state index is 9.53. The van der Waals surface area contributed by atoms with Crippen LogP contribution in [0, 0.1) is 0 Å². The van der Waals surface area contributed by atoms with Crippen molar-refractivity contribution in [3.63, 3.8) is 0 Å². The summed E-state index contributed by atoms with van der Waals surface area (Å²) in [5, 5.41) is 9.53. The smallest absolute Gasteiger partial charge is 0.123 e. The van der Waals surface area contributed by atoms with Gasteiger partial charge in [0.1, 0.15) is 5.82 Å². The summed E-state index contributed by atoms with van der Waals surface area (Å²) in [7, 11) is 0. The molecule has 5 heteroatoms. The molecule has 2 atom stereocenters. The summed E-state index contributed by atoms with van der Waals surface area (Å²) >= 11 is 0. The number of anilines is 2. The lowest BCUT2D eigenvalue weighted by Gasteiger charge is -2.37. The van der Waals surface area contributed by atoms with Gasteiger partial charge in [-0.05, 0) is 31.9 Å². The van der Waals surface area contributed by atoms with Crippen molar-refractivity contribution < 1.29 is 5.11 Å². The Hall–Kier alpha value is -0.940. The van der Waals surface area contributed by atoms with Crippen LogP contribution in [0.1, 0.15) is 19.8 Å². The number of aliphatic hydroxyl groups is 1. The van der Waals surface area contributed by atoms with E-state index in [1.54, 1.807) is 6.20 Å². The summed E-state index contributed by atoms with van der Waals surface area (Å²) in [4.78, 5) is 6.34. The highest BCUT2D eigenvalue weighted by Crippen LogP contribution is 2.24. The van der Waals surface area contributed by atoms with Crippen LogP contribution in [-0.4, -0.2) is 28.8 Å². The first kappa shape index (κ1) is 13.1. The van der Waals surface area contributed by atoms with Crippen molar-refractivity contribution in [1.29, 1.82) is 0 Å². The number of rotatable bonds is 1. The maximum atomic E-state index is 9.53. The third-order valence-electron chi connectivity index (χ3n) is 2.95. The molecule has 1 unspecified atom stereocenters. The van der Waals surface area contributed by atoms with Crippen molar-refractivity contribution in [2.75, 3.05) is 17.2 Å². The van der Waals surface area contributed by atoms with Gasteiger partial charge >= 0.3 is 0 Å². The fourth-order valence-electron chi connectivity index (χ4n) is 2.10. The average molecular weight is 241 g/mol. The lowest BCUT2D eigenvalue weighted by Crippen LogP contribution is -2.42. The first-order chi connectivity index (χ1) is 7.16. The van der Waals surface area contributed by atoms with Crippen LogP contribution in [-0.2, 0) is 0 Å².